The van der Waals surface area contributed by atoms with E-state index in [-0.39, 0.29) is 5.78 Å². The van der Waals surface area contributed by atoms with Gasteiger partial charge >= 0.3 is 5.97 Å². The second-order valence-electron chi connectivity index (χ2n) is 10.4. The van der Waals surface area contributed by atoms with Gasteiger partial charge in [-0.1, -0.05) is 103 Å². The van der Waals surface area contributed by atoms with E-state index >= 15 is 0 Å². The lowest BCUT2D eigenvalue weighted by molar-refractivity contribution is -0.141. The second-order valence-corrected chi connectivity index (χ2v) is 10.4. The van der Waals surface area contributed by atoms with Crippen LogP contribution in [-0.2, 0) is 22.5 Å². The molecule has 1 N–H and O–H groups in total. The first kappa shape index (κ1) is 30.1. The Labute approximate surface area is 258 Å². The number of carbonyl (C=O) groups excluding carboxylic acids is 2. The molecule has 0 saturated heterocycles. The van der Waals surface area contributed by atoms with E-state index in [1.165, 1.54) is 12.7 Å². The van der Waals surface area contributed by atoms with Gasteiger partial charge in [-0.25, -0.2) is 4.79 Å². The minimum absolute atomic E-state index is 0.117. The zero-order valence-electron chi connectivity index (χ0n) is 24.8. The summed E-state index contributed by atoms with van der Waals surface area (Å²) in [7, 11) is 1.37. The molecule has 0 heterocycles. The summed E-state index contributed by atoms with van der Waals surface area (Å²) in [5.41, 5.74) is 4.97. The monoisotopic (exact) mass is 584 g/mol. The predicted octanol–water partition coefficient (Wildman–Crippen LogP) is 7.20. The highest BCUT2D eigenvalue weighted by atomic mass is 16.5. The van der Waals surface area contributed by atoms with Crippen LogP contribution >= 0.6 is 0 Å². The average Bonchev–Trinajstić information content (AvgIpc) is 3.09. The number of carbonyl (C=O) groups is 2. The summed E-state index contributed by atoms with van der Waals surface area (Å²) in [5, 5.41) is 3.26. The first-order chi connectivity index (χ1) is 21.6. The Morgan fingerprint density at radius 1 is 0.705 bits per heavy atom. The molecule has 5 rings (SSSR count). The maximum absolute atomic E-state index is 13.2. The maximum atomic E-state index is 13.2. The number of rotatable bonds is 14. The highest BCUT2D eigenvalue weighted by Gasteiger charge is 2.22. The number of ether oxygens (including phenoxy) is 2. The minimum Gasteiger partial charge on any atom is -0.492 e. The fourth-order valence-corrected chi connectivity index (χ4v) is 5.05. The van der Waals surface area contributed by atoms with E-state index in [1.807, 2.05) is 78.9 Å². The fourth-order valence-electron chi connectivity index (χ4n) is 5.05. The van der Waals surface area contributed by atoms with Gasteiger partial charge < -0.3 is 19.7 Å². The fraction of sp³-hybridized carbons (Fsp3) is 0.158. The summed E-state index contributed by atoms with van der Waals surface area (Å²) in [6.07, 6.45) is 0.375. The van der Waals surface area contributed by atoms with E-state index in [0.717, 1.165) is 30.1 Å². The minimum atomic E-state index is -0.686. The van der Waals surface area contributed by atoms with Crippen molar-refractivity contribution < 1.29 is 19.1 Å². The molecular formula is C38H36N2O4. The van der Waals surface area contributed by atoms with Crippen LogP contribution in [0, 0.1) is 0 Å². The topological polar surface area (TPSA) is 67.9 Å². The third-order valence-corrected chi connectivity index (χ3v) is 7.35. The van der Waals surface area contributed by atoms with Crippen molar-refractivity contribution >= 4 is 23.1 Å². The van der Waals surface area contributed by atoms with Crippen molar-refractivity contribution in [1.82, 2.24) is 0 Å². The van der Waals surface area contributed by atoms with Crippen molar-refractivity contribution in [3.05, 3.63) is 162 Å². The van der Waals surface area contributed by atoms with Crippen molar-refractivity contribution in [1.29, 1.82) is 0 Å². The van der Waals surface area contributed by atoms with E-state index in [1.54, 1.807) is 24.3 Å². The summed E-state index contributed by atoms with van der Waals surface area (Å²) in [6.45, 7) is 2.02. The zero-order chi connectivity index (χ0) is 30.6. The molecule has 0 unspecified atom stereocenters. The van der Waals surface area contributed by atoms with Crippen LogP contribution in [0.3, 0.4) is 0 Å². The number of anilines is 2. The summed E-state index contributed by atoms with van der Waals surface area (Å²) in [4.78, 5) is 28.3. The lowest BCUT2D eigenvalue weighted by atomic mass is 10.00. The van der Waals surface area contributed by atoms with Gasteiger partial charge in [-0.05, 0) is 47.5 Å². The smallest absolute Gasteiger partial charge is 0.328 e. The number of nitrogens with one attached hydrogen (secondary N) is 1. The molecular weight excluding hydrogens is 548 g/mol. The number of para-hydroxylation sites is 2. The first-order valence-corrected chi connectivity index (χ1v) is 14.7. The number of ketones is 1. The Bertz CT molecular complexity index is 1620. The molecule has 0 aromatic heterocycles. The molecule has 0 fully saturated rings. The Morgan fingerprint density at radius 3 is 2.00 bits per heavy atom. The van der Waals surface area contributed by atoms with Gasteiger partial charge in [-0.2, -0.15) is 0 Å². The molecule has 0 spiro atoms. The van der Waals surface area contributed by atoms with Crippen molar-refractivity contribution in [2.75, 3.05) is 30.5 Å². The number of nitrogens with zero attached hydrogens (tertiary/aromatic N) is 1. The van der Waals surface area contributed by atoms with Gasteiger partial charge in [0, 0.05) is 35.5 Å². The quantitative estimate of drug-likeness (QED) is 0.110. The van der Waals surface area contributed by atoms with Crippen LogP contribution in [0.15, 0.2) is 140 Å². The van der Waals surface area contributed by atoms with Crippen LogP contribution < -0.4 is 15.0 Å². The maximum Gasteiger partial charge on any atom is 0.328 e. The molecule has 0 amide bonds. The van der Waals surface area contributed by atoms with Crippen LogP contribution in [0.25, 0.3) is 0 Å². The molecule has 1 atom stereocenters. The highest BCUT2D eigenvalue weighted by Crippen LogP contribution is 2.23. The van der Waals surface area contributed by atoms with Crippen LogP contribution in [0.5, 0.6) is 5.75 Å². The molecule has 222 valence electrons. The summed E-state index contributed by atoms with van der Waals surface area (Å²) < 4.78 is 11.2. The Morgan fingerprint density at radius 2 is 1.32 bits per heavy atom. The van der Waals surface area contributed by atoms with Gasteiger partial charge in [-0.3, -0.25) is 4.79 Å². The third kappa shape index (κ3) is 8.13. The van der Waals surface area contributed by atoms with Crippen LogP contribution in [0.4, 0.5) is 11.4 Å². The normalized spacial score (nSPS) is 11.3. The van der Waals surface area contributed by atoms with E-state index in [4.69, 9.17) is 9.47 Å². The third-order valence-electron chi connectivity index (χ3n) is 7.35. The van der Waals surface area contributed by atoms with E-state index in [0.29, 0.717) is 29.8 Å². The predicted molar refractivity (Wildman–Crippen MR) is 175 cm³/mol. The van der Waals surface area contributed by atoms with Gasteiger partial charge in [0.2, 0.25) is 0 Å². The SMILES string of the molecule is COC(=O)[C@H](Cc1ccc(OCCN(Cc2ccccc2)c2ccccc2)cc1)Nc1ccccc1C(=O)c1ccccc1. The van der Waals surface area contributed by atoms with E-state index < -0.39 is 12.0 Å². The average molecular weight is 585 g/mol. The Hall–Kier alpha value is -5.36. The van der Waals surface area contributed by atoms with Gasteiger partial charge in [0.1, 0.15) is 18.4 Å². The number of methoxy groups -OCH3 is 1. The first-order valence-electron chi connectivity index (χ1n) is 14.7. The zero-order valence-corrected chi connectivity index (χ0v) is 24.8. The number of esters is 1. The molecule has 5 aromatic rings. The molecule has 6 heteroatoms. The summed E-state index contributed by atoms with van der Waals surface area (Å²) >= 11 is 0. The summed E-state index contributed by atoms with van der Waals surface area (Å²) in [5.74, 6) is 0.225. The number of hydrogen-bond acceptors (Lipinski definition) is 6. The van der Waals surface area contributed by atoms with Crippen molar-refractivity contribution in [3.8, 4) is 5.75 Å². The number of benzene rings is 5. The molecule has 0 radical (unpaired) electrons. The van der Waals surface area contributed by atoms with Gasteiger partial charge in [0.05, 0.1) is 13.7 Å². The van der Waals surface area contributed by atoms with Crippen molar-refractivity contribution in [2.24, 2.45) is 0 Å². The largest absolute Gasteiger partial charge is 0.492 e. The lowest BCUT2D eigenvalue weighted by Gasteiger charge is -2.25. The Balaban J connectivity index is 1.22. The van der Waals surface area contributed by atoms with Gasteiger partial charge in [0.15, 0.2) is 5.78 Å². The van der Waals surface area contributed by atoms with Gasteiger partial charge in [0.25, 0.3) is 0 Å². The van der Waals surface area contributed by atoms with Crippen LogP contribution in [0.1, 0.15) is 27.0 Å². The molecule has 6 nitrogen and oxygen atoms in total. The van der Waals surface area contributed by atoms with E-state index in [2.05, 4.69) is 46.6 Å². The van der Waals surface area contributed by atoms with Gasteiger partial charge in [-0.15, -0.1) is 0 Å². The van der Waals surface area contributed by atoms with Crippen LogP contribution in [-0.4, -0.2) is 38.1 Å². The number of hydrogen-bond donors (Lipinski definition) is 1. The van der Waals surface area contributed by atoms with Crippen molar-refractivity contribution in [2.45, 2.75) is 19.0 Å². The molecule has 0 saturated carbocycles. The van der Waals surface area contributed by atoms with Crippen molar-refractivity contribution in [3.63, 3.8) is 0 Å². The molecule has 0 bridgehead atoms. The molecule has 0 aliphatic heterocycles. The Kier molecular flexibility index (Phi) is 10.4. The molecule has 5 aromatic carbocycles. The van der Waals surface area contributed by atoms with Crippen LogP contribution in [0.2, 0.25) is 0 Å². The molecule has 0 aliphatic rings. The molecule has 44 heavy (non-hydrogen) atoms. The summed E-state index contributed by atoms with van der Waals surface area (Å²) in [6, 6.07) is 44.1. The standard InChI is InChI=1S/C38H36N2O4/c1-43-38(42)36(39-35-20-12-11-19-34(35)37(41)31-15-7-3-8-16-31)27-29-21-23-33(24-22-29)44-26-25-40(32-17-9-4-10-18-32)28-30-13-5-2-6-14-30/h2-24,36,39H,25-28H2,1H3/t36-/m0/s1. The highest BCUT2D eigenvalue weighted by molar-refractivity contribution is 6.12. The lowest BCUT2D eigenvalue weighted by Crippen LogP contribution is -2.33. The molecule has 0 aliphatic carbocycles. The van der Waals surface area contributed by atoms with E-state index in [9.17, 15) is 9.59 Å². The second kappa shape index (κ2) is 15.2.